The fourth-order valence-electron chi connectivity index (χ4n) is 1.31. The summed E-state index contributed by atoms with van der Waals surface area (Å²) >= 11 is 0. The summed E-state index contributed by atoms with van der Waals surface area (Å²) in [4.78, 5) is 11.1. The van der Waals surface area contributed by atoms with Crippen LogP contribution in [-0.4, -0.2) is 30.2 Å². The van der Waals surface area contributed by atoms with Crippen molar-refractivity contribution in [1.29, 1.82) is 0 Å². The predicted octanol–water partition coefficient (Wildman–Crippen LogP) is 0.363. The van der Waals surface area contributed by atoms with Gasteiger partial charge < -0.3 is 9.84 Å². The topological polar surface area (TPSA) is 46.5 Å². The normalized spacial score (nSPS) is 28.5. The van der Waals surface area contributed by atoms with Gasteiger partial charge in [0.15, 0.2) is 0 Å². The molecule has 1 rings (SSSR count). The highest BCUT2D eigenvalue weighted by atomic mass is 16.5. The fourth-order valence-corrected chi connectivity index (χ4v) is 1.31. The Kier molecular flexibility index (Phi) is 3.02. The molecule has 0 saturated carbocycles. The zero-order chi connectivity index (χ0) is 8.27. The number of Topliss-reactive ketones (excluding diaryl/α,β-unsaturated/α-hetero) is 1. The molecule has 0 bridgehead atoms. The Hall–Kier alpha value is -0.410. The molecule has 11 heavy (non-hydrogen) atoms. The molecule has 0 aromatic heterocycles. The van der Waals surface area contributed by atoms with Crippen molar-refractivity contribution in [3.8, 4) is 0 Å². The van der Waals surface area contributed by atoms with Crippen molar-refractivity contribution < 1.29 is 14.6 Å². The highest BCUT2D eigenvalue weighted by molar-refractivity contribution is 5.81. The summed E-state index contributed by atoms with van der Waals surface area (Å²) in [5.74, 6) is 0.167. The Morgan fingerprint density at radius 3 is 3.09 bits per heavy atom. The number of hydrogen-bond donors (Lipinski definition) is 1. The van der Waals surface area contributed by atoms with Crippen molar-refractivity contribution in [2.75, 3.05) is 13.2 Å². The average Bonchev–Trinajstić information content (AvgIpc) is 1.93. The fraction of sp³-hybridized carbons (Fsp3) is 0.875. The number of carbonyl (C=O) groups is 1. The Labute approximate surface area is 66.4 Å². The van der Waals surface area contributed by atoms with Crippen LogP contribution in [0.3, 0.4) is 0 Å². The third kappa shape index (κ3) is 2.60. The predicted molar refractivity (Wildman–Crippen MR) is 40.2 cm³/mol. The maximum absolute atomic E-state index is 11.1. The highest BCUT2D eigenvalue weighted by Gasteiger charge is 2.23. The van der Waals surface area contributed by atoms with Gasteiger partial charge in [-0.15, -0.1) is 0 Å². The minimum atomic E-state index is -0.398. The molecule has 1 fully saturated rings. The second kappa shape index (κ2) is 3.83. The van der Waals surface area contributed by atoms with E-state index in [0.29, 0.717) is 26.1 Å². The molecule has 3 nitrogen and oxygen atoms in total. The van der Waals surface area contributed by atoms with Crippen molar-refractivity contribution in [1.82, 2.24) is 0 Å². The van der Waals surface area contributed by atoms with Crippen LogP contribution in [0.15, 0.2) is 0 Å². The van der Waals surface area contributed by atoms with E-state index in [2.05, 4.69) is 0 Å². The van der Waals surface area contributed by atoms with Gasteiger partial charge in [-0.3, -0.25) is 4.79 Å². The Balaban J connectivity index is 2.36. The minimum absolute atomic E-state index is 0.0660. The Bertz CT molecular complexity index is 142. The van der Waals surface area contributed by atoms with Crippen molar-refractivity contribution in [3.63, 3.8) is 0 Å². The molecule has 0 radical (unpaired) electrons. The van der Waals surface area contributed by atoms with E-state index in [0.717, 1.165) is 0 Å². The first kappa shape index (κ1) is 8.68. The first-order valence-electron chi connectivity index (χ1n) is 3.98. The zero-order valence-corrected chi connectivity index (χ0v) is 6.75. The van der Waals surface area contributed by atoms with Gasteiger partial charge >= 0.3 is 0 Å². The summed E-state index contributed by atoms with van der Waals surface area (Å²) in [5.41, 5.74) is 0. The van der Waals surface area contributed by atoms with E-state index < -0.39 is 6.10 Å². The number of hydrogen-bond acceptors (Lipinski definition) is 3. The number of aliphatic hydroxyl groups excluding tert-OH is 1. The van der Waals surface area contributed by atoms with Crippen LogP contribution in [0.5, 0.6) is 0 Å². The maximum atomic E-state index is 11.1. The zero-order valence-electron chi connectivity index (χ0n) is 6.75. The van der Waals surface area contributed by atoms with Gasteiger partial charge in [-0.25, -0.2) is 0 Å². The van der Waals surface area contributed by atoms with E-state index in [1.54, 1.807) is 6.92 Å². The van der Waals surface area contributed by atoms with Crippen molar-refractivity contribution >= 4 is 5.78 Å². The number of carbonyl (C=O) groups excluding carboxylic acids is 1. The number of ketones is 1. The van der Waals surface area contributed by atoms with E-state index in [1.807, 2.05) is 0 Å². The molecular weight excluding hydrogens is 144 g/mol. The lowest BCUT2D eigenvalue weighted by molar-refractivity contribution is -0.131. The Morgan fingerprint density at radius 1 is 1.82 bits per heavy atom. The summed E-state index contributed by atoms with van der Waals surface area (Å²) in [6, 6.07) is 0. The smallest absolute Gasteiger partial charge is 0.140 e. The molecule has 0 amide bonds. The number of aliphatic hydroxyl groups is 1. The van der Waals surface area contributed by atoms with Gasteiger partial charge in [0.1, 0.15) is 5.78 Å². The van der Waals surface area contributed by atoms with Crippen LogP contribution >= 0.6 is 0 Å². The lowest BCUT2D eigenvalue weighted by Gasteiger charge is -2.21. The van der Waals surface area contributed by atoms with Crippen LogP contribution in [0, 0.1) is 5.92 Å². The molecule has 0 aromatic carbocycles. The van der Waals surface area contributed by atoms with E-state index >= 15 is 0 Å². The molecule has 1 aliphatic rings. The van der Waals surface area contributed by atoms with Gasteiger partial charge in [-0.2, -0.15) is 0 Å². The Morgan fingerprint density at radius 2 is 2.55 bits per heavy atom. The first-order valence-corrected chi connectivity index (χ1v) is 3.98. The summed E-state index contributed by atoms with van der Waals surface area (Å²) in [5, 5.41) is 9.01. The number of ether oxygens (including phenoxy) is 1. The molecule has 1 heterocycles. The van der Waals surface area contributed by atoms with Crippen LogP contribution in [0.1, 0.15) is 19.8 Å². The van der Waals surface area contributed by atoms with Crippen molar-refractivity contribution in [2.24, 2.45) is 5.92 Å². The van der Waals surface area contributed by atoms with E-state index in [4.69, 9.17) is 9.84 Å². The molecule has 3 heteroatoms. The second-order valence-corrected chi connectivity index (χ2v) is 3.07. The highest BCUT2D eigenvalue weighted by Crippen LogP contribution is 2.15. The van der Waals surface area contributed by atoms with Gasteiger partial charge in [-0.1, -0.05) is 0 Å². The molecular formula is C8H14O3. The van der Waals surface area contributed by atoms with E-state index in [1.165, 1.54) is 0 Å². The molecule has 0 aromatic rings. The molecule has 1 aliphatic heterocycles. The first-order chi connectivity index (χ1) is 5.20. The van der Waals surface area contributed by atoms with Crippen LogP contribution in [-0.2, 0) is 9.53 Å². The van der Waals surface area contributed by atoms with Crippen molar-refractivity contribution in [2.45, 2.75) is 25.9 Å². The quantitative estimate of drug-likeness (QED) is 0.631. The average molecular weight is 158 g/mol. The SMILES string of the molecule is CC(O)CC1COCCC1=O. The van der Waals surface area contributed by atoms with Gasteiger partial charge in [-0.05, 0) is 13.3 Å². The van der Waals surface area contributed by atoms with Crippen LogP contribution in [0.4, 0.5) is 0 Å². The lowest BCUT2D eigenvalue weighted by atomic mass is 9.95. The summed E-state index contributed by atoms with van der Waals surface area (Å²) in [6.45, 7) is 2.74. The van der Waals surface area contributed by atoms with Crippen LogP contribution in [0.25, 0.3) is 0 Å². The van der Waals surface area contributed by atoms with E-state index in [9.17, 15) is 4.79 Å². The van der Waals surface area contributed by atoms with Gasteiger partial charge in [0.2, 0.25) is 0 Å². The molecule has 1 N–H and O–H groups in total. The minimum Gasteiger partial charge on any atom is -0.393 e. The molecule has 2 unspecified atom stereocenters. The van der Waals surface area contributed by atoms with E-state index in [-0.39, 0.29) is 11.7 Å². The molecule has 64 valence electrons. The molecule has 2 atom stereocenters. The van der Waals surface area contributed by atoms with Gasteiger partial charge in [0.05, 0.1) is 19.3 Å². The van der Waals surface area contributed by atoms with Crippen molar-refractivity contribution in [3.05, 3.63) is 0 Å². The van der Waals surface area contributed by atoms with Crippen LogP contribution in [0.2, 0.25) is 0 Å². The lowest BCUT2D eigenvalue weighted by Crippen LogP contribution is -2.29. The molecule has 1 saturated heterocycles. The summed E-state index contributed by atoms with van der Waals surface area (Å²) in [7, 11) is 0. The molecule has 0 spiro atoms. The largest absolute Gasteiger partial charge is 0.393 e. The van der Waals surface area contributed by atoms with Gasteiger partial charge in [0.25, 0.3) is 0 Å². The third-order valence-electron chi connectivity index (χ3n) is 1.89. The van der Waals surface area contributed by atoms with Crippen LogP contribution < -0.4 is 0 Å². The monoisotopic (exact) mass is 158 g/mol. The standard InChI is InChI=1S/C8H14O3/c1-6(9)4-7-5-11-3-2-8(7)10/h6-7,9H,2-5H2,1H3. The second-order valence-electron chi connectivity index (χ2n) is 3.07. The third-order valence-corrected chi connectivity index (χ3v) is 1.89. The molecule has 0 aliphatic carbocycles. The maximum Gasteiger partial charge on any atom is 0.140 e. The summed E-state index contributed by atoms with van der Waals surface area (Å²) < 4.78 is 5.12. The van der Waals surface area contributed by atoms with Gasteiger partial charge in [0, 0.05) is 12.3 Å². The summed E-state index contributed by atoms with van der Waals surface area (Å²) in [6.07, 6.45) is 0.654. The number of rotatable bonds is 2.